The maximum absolute atomic E-state index is 12.7. The Morgan fingerprint density at radius 2 is 2.15 bits per heavy atom. The molecule has 1 aromatic rings. The number of nitrogens with one attached hydrogen (secondary N) is 2. The molecule has 1 aromatic carbocycles. The number of halogens is 2. The minimum atomic E-state index is -3.02. The molecule has 2 rings (SSSR count). The van der Waals surface area contributed by atoms with Gasteiger partial charge in [-0.1, -0.05) is 18.7 Å². The smallest absolute Gasteiger partial charge is 0.387 e. The van der Waals surface area contributed by atoms with Gasteiger partial charge in [-0.15, -0.1) is 0 Å². The molecule has 0 saturated carbocycles. The minimum absolute atomic E-state index is 0.0368. The third-order valence-electron chi connectivity index (χ3n) is 3.56. The summed E-state index contributed by atoms with van der Waals surface area (Å²) in [5.41, 5.74) is 1.25. The van der Waals surface area contributed by atoms with E-state index in [4.69, 9.17) is 21.7 Å². The van der Waals surface area contributed by atoms with Crippen molar-refractivity contribution in [1.82, 2.24) is 10.6 Å². The summed E-state index contributed by atoms with van der Waals surface area (Å²) in [7, 11) is 1.34. The van der Waals surface area contributed by atoms with E-state index in [1.54, 1.807) is 13.0 Å². The topological polar surface area (TPSA) is 68.8 Å². The summed E-state index contributed by atoms with van der Waals surface area (Å²) >= 11 is 5.14. The van der Waals surface area contributed by atoms with Gasteiger partial charge in [-0.25, -0.2) is 4.79 Å². The van der Waals surface area contributed by atoms with Gasteiger partial charge in [-0.2, -0.15) is 8.78 Å². The number of carbonyl (C=O) groups excluding carboxylic acids is 1. The van der Waals surface area contributed by atoms with Gasteiger partial charge < -0.3 is 24.8 Å². The summed E-state index contributed by atoms with van der Waals surface area (Å²) < 4.78 is 40.0. The zero-order valence-corrected chi connectivity index (χ0v) is 15.0. The van der Waals surface area contributed by atoms with Crippen LogP contribution in [-0.4, -0.2) is 31.4 Å². The van der Waals surface area contributed by atoms with Crippen LogP contribution in [0.25, 0.3) is 0 Å². The number of thiocarbonyl (C=S) groups is 1. The highest BCUT2D eigenvalue weighted by atomic mass is 32.1. The van der Waals surface area contributed by atoms with Crippen LogP contribution in [-0.2, 0) is 9.53 Å². The van der Waals surface area contributed by atoms with Crippen LogP contribution in [0.5, 0.6) is 11.5 Å². The Hall–Kier alpha value is -2.68. The summed E-state index contributed by atoms with van der Waals surface area (Å²) in [5, 5.41) is 6.09. The van der Waals surface area contributed by atoms with Gasteiger partial charge >= 0.3 is 12.6 Å². The van der Waals surface area contributed by atoms with E-state index in [1.165, 1.54) is 25.3 Å². The predicted molar refractivity (Wildman–Crippen MR) is 95.1 cm³/mol. The van der Waals surface area contributed by atoms with Crippen LogP contribution in [0.3, 0.4) is 0 Å². The molecule has 140 valence electrons. The van der Waals surface area contributed by atoms with Gasteiger partial charge in [0.15, 0.2) is 16.6 Å². The average Bonchev–Trinajstić information content (AvgIpc) is 2.58. The number of esters is 1. The molecule has 0 amide bonds. The molecule has 1 aliphatic heterocycles. The third kappa shape index (κ3) is 4.48. The van der Waals surface area contributed by atoms with Crippen molar-refractivity contribution in [1.29, 1.82) is 0 Å². The van der Waals surface area contributed by atoms with E-state index in [0.717, 1.165) is 0 Å². The maximum atomic E-state index is 12.7. The van der Waals surface area contributed by atoms with Crippen molar-refractivity contribution in [3.63, 3.8) is 0 Å². The van der Waals surface area contributed by atoms with E-state index < -0.39 is 18.6 Å². The highest BCUT2D eigenvalue weighted by molar-refractivity contribution is 7.80. The van der Waals surface area contributed by atoms with Crippen molar-refractivity contribution < 1.29 is 27.8 Å². The molecule has 0 radical (unpaired) electrons. The molecular formula is C17H18F2N2O4S. The fourth-order valence-corrected chi connectivity index (χ4v) is 2.76. The van der Waals surface area contributed by atoms with E-state index in [-0.39, 0.29) is 23.7 Å². The molecule has 1 atom stereocenters. The normalized spacial score (nSPS) is 16.7. The number of hydrogen-bond acceptors (Lipinski definition) is 5. The maximum Gasteiger partial charge on any atom is 0.387 e. The SMILES string of the molecule is C=CCOC(=O)C1=C(C)NC(=S)N[C@H]1c1ccc(OC)c(OC(F)F)c1. The van der Waals surface area contributed by atoms with Gasteiger partial charge in [0.2, 0.25) is 0 Å². The second-order valence-electron chi connectivity index (χ2n) is 5.25. The van der Waals surface area contributed by atoms with Crippen LogP contribution >= 0.6 is 12.2 Å². The standard InChI is InChI=1S/C17H18F2N2O4S/c1-4-7-24-15(22)13-9(2)20-17(26)21-14(13)10-5-6-11(23-3)12(8-10)25-16(18)19/h4-6,8,14,16H,1,7H2,2-3H3,(H2,20,21,26)/t14-/m0/s1. The lowest BCUT2D eigenvalue weighted by Gasteiger charge is -2.30. The second kappa shape index (κ2) is 8.61. The Balaban J connectivity index is 2.45. The van der Waals surface area contributed by atoms with E-state index in [9.17, 15) is 13.6 Å². The predicted octanol–water partition coefficient (Wildman–Crippen LogP) is 2.82. The first-order chi connectivity index (χ1) is 12.4. The fourth-order valence-electron chi connectivity index (χ4n) is 2.49. The van der Waals surface area contributed by atoms with E-state index in [1.807, 2.05) is 0 Å². The number of alkyl halides is 2. The summed E-state index contributed by atoms with van der Waals surface area (Å²) in [6, 6.07) is 3.76. The summed E-state index contributed by atoms with van der Waals surface area (Å²) in [6.45, 7) is 2.19. The number of rotatable bonds is 7. The van der Waals surface area contributed by atoms with Crippen LogP contribution in [0, 0.1) is 0 Å². The molecular weight excluding hydrogens is 366 g/mol. The number of hydrogen-bond donors (Lipinski definition) is 2. The monoisotopic (exact) mass is 384 g/mol. The van der Waals surface area contributed by atoms with Crippen LogP contribution in [0.2, 0.25) is 0 Å². The van der Waals surface area contributed by atoms with Gasteiger partial charge in [0, 0.05) is 5.70 Å². The lowest BCUT2D eigenvalue weighted by Crippen LogP contribution is -2.45. The number of benzene rings is 1. The molecule has 0 fully saturated rings. The average molecular weight is 384 g/mol. The molecule has 6 nitrogen and oxygen atoms in total. The Bertz CT molecular complexity index is 752. The minimum Gasteiger partial charge on any atom is -0.493 e. The van der Waals surface area contributed by atoms with Crippen LogP contribution in [0.4, 0.5) is 8.78 Å². The molecule has 2 N–H and O–H groups in total. The molecule has 0 aliphatic carbocycles. The quantitative estimate of drug-likeness (QED) is 0.426. The first kappa shape index (κ1) is 19.6. The van der Waals surface area contributed by atoms with Crippen molar-refractivity contribution in [2.24, 2.45) is 0 Å². The Morgan fingerprint density at radius 3 is 2.77 bits per heavy atom. The Morgan fingerprint density at radius 1 is 1.42 bits per heavy atom. The number of methoxy groups -OCH3 is 1. The third-order valence-corrected chi connectivity index (χ3v) is 3.78. The van der Waals surface area contributed by atoms with Crippen molar-refractivity contribution in [2.45, 2.75) is 19.6 Å². The lowest BCUT2D eigenvalue weighted by atomic mass is 9.95. The second-order valence-corrected chi connectivity index (χ2v) is 5.65. The number of ether oxygens (including phenoxy) is 3. The zero-order chi connectivity index (χ0) is 19.3. The Kier molecular flexibility index (Phi) is 6.51. The number of carbonyl (C=O) groups is 1. The highest BCUT2D eigenvalue weighted by Gasteiger charge is 2.31. The van der Waals surface area contributed by atoms with Gasteiger partial charge in [0.05, 0.1) is 18.7 Å². The van der Waals surface area contributed by atoms with Crippen molar-refractivity contribution in [2.75, 3.05) is 13.7 Å². The van der Waals surface area contributed by atoms with Gasteiger partial charge in [0.25, 0.3) is 0 Å². The molecule has 9 heteroatoms. The van der Waals surface area contributed by atoms with Gasteiger partial charge in [-0.05, 0) is 36.8 Å². The van der Waals surface area contributed by atoms with Crippen molar-refractivity contribution >= 4 is 23.3 Å². The van der Waals surface area contributed by atoms with Crippen molar-refractivity contribution in [3.8, 4) is 11.5 Å². The summed E-state index contributed by atoms with van der Waals surface area (Å²) in [6.07, 6.45) is 1.44. The molecule has 0 bridgehead atoms. The fraction of sp³-hybridized carbons (Fsp3) is 0.294. The van der Waals surface area contributed by atoms with Gasteiger partial charge in [0.1, 0.15) is 6.61 Å². The van der Waals surface area contributed by atoms with Crippen LogP contribution in [0.1, 0.15) is 18.5 Å². The van der Waals surface area contributed by atoms with E-state index in [0.29, 0.717) is 16.4 Å². The first-order valence-corrected chi connectivity index (χ1v) is 7.97. The first-order valence-electron chi connectivity index (χ1n) is 7.56. The van der Waals surface area contributed by atoms with E-state index >= 15 is 0 Å². The molecule has 1 aliphatic rings. The molecule has 0 saturated heterocycles. The zero-order valence-electron chi connectivity index (χ0n) is 14.2. The van der Waals surface area contributed by atoms with Crippen LogP contribution in [0.15, 0.2) is 42.1 Å². The molecule has 26 heavy (non-hydrogen) atoms. The van der Waals surface area contributed by atoms with Crippen LogP contribution < -0.4 is 20.1 Å². The summed E-state index contributed by atoms with van der Waals surface area (Å²) in [4.78, 5) is 12.4. The Labute approximate surface area is 154 Å². The number of allylic oxidation sites excluding steroid dienone is 1. The molecule has 0 spiro atoms. The molecule has 0 unspecified atom stereocenters. The van der Waals surface area contributed by atoms with E-state index in [2.05, 4.69) is 21.9 Å². The molecule has 1 heterocycles. The highest BCUT2D eigenvalue weighted by Crippen LogP contribution is 2.35. The summed E-state index contributed by atoms with van der Waals surface area (Å²) in [5.74, 6) is -0.591. The van der Waals surface area contributed by atoms with Crippen molar-refractivity contribution in [3.05, 3.63) is 47.7 Å². The lowest BCUT2D eigenvalue weighted by molar-refractivity contribution is -0.138. The molecule has 0 aromatic heterocycles. The largest absolute Gasteiger partial charge is 0.493 e. The van der Waals surface area contributed by atoms with Gasteiger partial charge in [-0.3, -0.25) is 0 Å².